The monoisotopic (exact) mass is 328 g/mol. The van der Waals surface area contributed by atoms with E-state index in [2.05, 4.69) is 9.97 Å². The molecular weight excluding hydrogens is 308 g/mol. The van der Waals surface area contributed by atoms with Crippen LogP contribution in [0.3, 0.4) is 0 Å². The maximum atomic E-state index is 13.1. The lowest BCUT2D eigenvalue weighted by Crippen LogP contribution is -2.17. The molecule has 6 heteroatoms. The molecule has 1 aromatic heterocycles. The summed E-state index contributed by atoms with van der Waals surface area (Å²) in [6.45, 7) is 0. The van der Waals surface area contributed by atoms with Gasteiger partial charge in [0.15, 0.2) is 4.90 Å². The maximum absolute atomic E-state index is 13.1. The molecule has 0 saturated carbocycles. The summed E-state index contributed by atoms with van der Waals surface area (Å²) in [5, 5.41) is 0.477. The van der Waals surface area contributed by atoms with Gasteiger partial charge in [-0.3, -0.25) is 4.98 Å². The number of benzene rings is 2. The fraction of sp³-hybridized carbons (Fsp3) is 0.235. The van der Waals surface area contributed by atoms with Crippen LogP contribution >= 0.6 is 0 Å². The number of anilines is 2. The average Bonchev–Trinajstić information content (AvgIpc) is 2.97. The Morgan fingerprint density at radius 3 is 2.39 bits per heavy atom. The summed E-state index contributed by atoms with van der Waals surface area (Å²) in [4.78, 5) is 12.4. The Labute approximate surface area is 139 Å². The molecule has 5 nitrogen and oxygen atoms in total. The number of rotatable bonds is 4. The number of fused-ring (bicyclic) bond motifs is 1. The minimum atomic E-state index is -1.37. The predicted molar refractivity (Wildman–Crippen MR) is 95.9 cm³/mol. The molecule has 1 unspecified atom stereocenters. The zero-order valence-corrected chi connectivity index (χ0v) is 14.5. The second-order valence-corrected chi connectivity index (χ2v) is 7.13. The van der Waals surface area contributed by atoms with Crippen molar-refractivity contribution >= 4 is 33.6 Å². The SMILES string of the molecule is CN(C)c1ccc(N(C)C)c([S+]([O-])c2nc3ccccc3[nH]2)c1. The zero-order valence-electron chi connectivity index (χ0n) is 13.7. The number of hydrogen-bond donors (Lipinski definition) is 1. The van der Waals surface area contributed by atoms with Gasteiger partial charge in [0.05, 0.1) is 27.9 Å². The number of aromatic nitrogens is 2. The molecule has 120 valence electrons. The van der Waals surface area contributed by atoms with Crippen molar-refractivity contribution in [1.29, 1.82) is 0 Å². The second-order valence-electron chi connectivity index (χ2n) is 5.77. The second kappa shape index (κ2) is 6.14. The summed E-state index contributed by atoms with van der Waals surface area (Å²) < 4.78 is 13.1. The molecule has 0 saturated heterocycles. The summed E-state index contributed by atoms with van der Waals surface area (Å²) >= 11 is -1.37. The van der Waals surface area contributed by atoms with Gasteiger partial charge in [0.1, 0.15) is 0 Å². The highest BCUT2D eigenvalue weighted by Crippen LogP contribution is 2.32. The van der Waals surface area contributed by atoms with Gasteiger partial charge in [-0.1, -0.05) is 12.1 Å². The normalized spacial score (nSPS) is 12.4. The fourth-order valence-electron chi connectivity index (χ4n) is 2.42. The molecule has 3 aromatic rings. The van der Waals surface area contributed by atoms with E-state index in [0.717, 1.165) is 27.3 Å². The van der Waals surface area contributed by atoms with Crippen molar-refractivity contribution in [2.75, 3.05) is 38.0 Å². The summed E-state index contributed by atoms with van der Waals surface area (Å²) in [7, 11) is 7.84. The van der Waals surface area contributed by atoms with Crippen molar-refractivity contribution in [2.45, 2.75) is 10.1 Å². The Morgan fingerprint density at radius 1 is 1.00 bits per heavy atom. The van der Waals surface area contributed by atoms with E-state index in [1.807, 2.05) is 80.5 Å². The first-order valence-corrected chi connectivity index (χ1v) is 8.47. The number of H-pyrrole nitrogens is 1. The molecule has 2 aromatic carbocycles. The minimum Gasteiger partial charge on any atom is -0.604 e. The molecular formula is C17H20N4OS. The molecule has 0 amide bonds. The van der Waals surface area contributed by atoms with Crippen molar-refractivity contribution in [2.24, 2.45) is 0 Å². The first-order chi connectivity index (χ1) is 11.0. The highest BCUT2D eigenvalue weighted by atomic mass is 32.2. The largest absolute Gasteiger partial charge is 0.604 e. The summed E-state index contributed by atoms with van der Waals surface area (Å²) in [6.07, 6.45) is 0. The zero-order chi connectivity index (χ0) is 16.6. The molecule has 0 aliphatic heterocycles. The first kappa shape index (κ1) is 15.7. The number of nitrogens with one attached hydrogen (secondary N) is 1. The van der Waals surface area contributed by atoms with Crippen LogP contribution in [0.15, 0.2) is 52.5 Å². The van der Waals surface area contributed by atoms with E-state index in [-0.39, 0.29) is 0 Å². The van der Waals surface area contributed by atoms with Crippen LogP contribution in [0.5, 0.6) is 0 Å². The lowest BCUT2D eigenvalue weighted by atomic mass is 10.2. The van der Waals surface area contributed by atoms with E-state index in [4.69, 9.17) is 0 Å². The Bertz CT molecular complexity index is 795. The molecule has 1 N–H and O–H groups in total. The molecule has 23 heavy (non-hydrogen) atoms. The number of aromatic amines is 1. The van der Waals surface area contributed by atoms with Crippen molar-refractivity contribution < 1.29 is 4.55 Å². The van der Waals surface area contributed by atoms with Crippen molar-refractivity contribution in [1.82, 2.24) is 9.97 Å². The van der Waals surface area contributed by atoms with Crippen LogP contribution in [0, 0.1) is 0 Å². The van der Waals surface area contributed by atoms with Gasteiger partial charge in [-0.15, -0.1) is 0 Å². The number of nitrogens with zero attached hydrogens (tertiary/aromatic N) is 3. The molecule has 0 fully saturated rings. The third-order valence-electron chi connectivity index (χ3n) is 3.68. The van der Waals surface area contributed by atoms with E-state index in [0.29, 0.717) is 5.16 Å². The summed E-state index contributed by atoms with van der Waals surface area (Å²) in [5.74, 6) is 0. The van der Waals surface area contributed by atoms with Crippen LogP contribution in [0.1, 0.15) is 0 Å². The first-order valence-electron chi connectivity index (χ1n) is 7.32. The van der Waals surface area contributed by atoms with Crippen LogP contribution in [-0.2, 0) is 11.2 Å². The number of hydrogen-bond acceptors (Lipinski definition) is 4. The quantitative estimate of drug-likeness (QED) is 0.748. The standard InChI is InChI=1S/C17H20N4OS/c1-20(2)12-9-10-15(21(3)4)16(11-12)23(22)17-18-13-7-5-6-8-14(13)19-17/h5-11H,1-4H3,(H,18,19). The van der Waals surface area contributed by atoms with E-state index in [1.165, 1.54) is 0 Å². The van der Waals surface area contributed by atoms with Gasteiger partial charge in [-0.25, -0.2) is 0 Å². The molecule has 3 rings (SSSR count). The van der Waals surface area contributed by atoms with Gasteiger partial charge < -0.3 is 14.4 Å². The molecule has 0 aliphatic rings. The molecule has 0 spiro atoms. The van der Waals surface area contributed by atoms with E-state index < -0.39 is 11.2 Å². The topological polar surface area (TPSA) is 58.2 Å². The van der Waals surface area contributed by atoms with Crippen LogP contribution in [0.4, 0.5) is 11.4 Å². The number of imidazole rings is 1. The fourth-order valence-corrected chi connectivity index (χ4v) is 3.68. The van der Waals surface area contributed by atoms with E-state index >= 15 is 0 Å². The van der Waals surface area contributed by atoms with Gasteiger partial charge in [-0.05, 0) is 24.3 Å². The highest BCUT2D eigenvalue weighted by Gasteiger charge is 2.25. The van der Waals surface area contributed by atoms with Gasteiger partial charge in [0, 0.05) is 39.9 Å². The lowest BCUT2D eigenvalue weighted by Gasteiger charge is -2.20. The average molecular weight is 328 g/mol. The van der Waals surface area contributed by atoms with Crippen LogP contribution in [0.2, 0.25) is 0 Å². The Morgan fingerprint density at radius 2 is 1.74 bits per heavy atom. The Hall–Kier alpha value is -2.18. The van der Waals surface area contributed by atoms with E-state index in [9.17, 15) is 4.55 Å². The van der Waals surface area contributed by atoms with Crippen molar-refractivity contribution in [3.05, 3.63) is 42.5 Å². The molecule has 1 heterocycles. The third kappa shape index (κ3) is 3.00. The van der Waals surface area contributed by atoms with Crippen LogP contribution in [0.25, 0.3) is 11.0 Å². The van der Waals surface area contributed by atoms with Crippen LogP contribution < -0.4 is 9.80 Å². The van der Waals surface area contributed by atoms with Gasteiger partial charge >= 0.3 is 5.16 Å². The Kier molecular flexibility index (Phi) is 4.19. The van der Waals surface area contributed by atoms with Crippen LogP contribution in [-0.4, -0.2) is 42.7 Å². The molecule has 0 radical (unpaired) electrons. The molecule has 0 bridgehead atoms. The van der Waals surface area contributed by atoms with Gasteiger partial charge in [0.25, 0.3) is 0 Å². The Balaban J connectivity index is 2.09. The summed E-state index contributed by atoms with van der Waals surface area (Å²) in [5.41, 5.74) is 3.65. The molecule has 1 atom stereocenters. The van der Waals surface area contributed by atoms with Crippen molar-refractivity contribution in [3.63, 3.8) is 0 Å². The molecule has 0 aliphatic carbocycles. The van der Waals surface area contributed by atoms with E-state index in [1.54, 1.807) is 0 Å². The van der Waals surface area contributed by atoms with Gasteiger partial charge in [-0.2, -0.15) is 4.98 Å². The minimum absolute atomic E-state index is 0.477. The smallest absolute Gasteiger partial charge is 0.327 e. The predicted octanol–water partition coefficient (Wildman–Crippen LogP) is 2.86. The van der Waals surface area contributed by atoms with Crippen molar-refractivity contribution in [3.8, 4) is 0 Å². The summed E-state index contributed by atoms with van der Waals surface area (Å²) in [6, 6.07) is 13.7. The number of para-hydroxylation sites is 2. The highest BCUT2D eigenvalue weighted by molar-refractivity contribution is 7.91. The lowest BCUT2D eigenvalue weighted by molar-refractivity contribution is 0.588. The maximum Gasteiger partial charge on any atom is 0.327 e. The van der Waals surface area contributed by atoms with Gasteiger partial charge in [0.2, 0.25) is 0 Å². The third-order valence-corrected chi connectivity index (χ3v) is 4.96.